The van der Waals surface area contributed by atoms with Crippen LogP contribution in [0.3, 0.4) is 0 Å². The Morgan fingerprint density at radius 3 is 2.82 bits per heavy atom. The molecule has 3 fully saturated rings. The Morgan fingerprint density at radius 2 is 2.11 bits per heavy atom. The van der Waals surface area contributed by atoms with Gasteiger partial charge in [-0.05, 0) is 43.7 Å². The van der Waals surface area contributed by atoms with Crippen LogP contribution in [0.25, 0.3) is 0 Å². The Balaban J connectivity index is 1.54. The summed E-state index contributed by atoms with van der Waals surface area (Å²) < 4.78 is 11.9. The molecule has 1 amide bonds. The number of nitrogens with zero attached hydrogens (tertiary/aromatic N) is 1. The van der Waals surface area contributed by atoms with E-state index in [9.17, 15) is 15.0 Å². The number of hydrogen-bond donors (Lipinski definition) is 2. The van der Waals surface area contributed by atoms with Gasteiger partial charge < -0.3 is 24.6 Å². The fourth-order valence-electron chi connectivity index (χ4n) is 6.89. The first-order valence-electron chi connectivity index (χ1n) is 10.6. The molecule has 2 bridgehead atoms. The van der Waals surface area contributed by atoms with Crippen molar-refractivity contribution in [3.05, 3.63) is 23.3 Å². The molecule has 150 valence electrons. The van der Waals surface area contributed by atoms with E-state index in [4.69, 9.17) is 9.47 Å². The van der Waals surface area contributed by atoms with Gasteiger partial charge in [0, 0.05) is 35.8 Å². The number of aliphatic hydroxyl groups excluding tert-OH is 1. The lowest BCUT2D eigenvalue weighted by Gasteiger charge is -2.63. The molecule has 1 spiro atoms. The Morgan fingerprint density at radius 1 is 1.29 bits per heavy atom. The highest BCUT2D eigenvalue weighted by molar-refractivity contribution is 5.81. The number of carbonyl (C=O) groups excluding carboxylic acids is 1. The third kappa shape index (κ3) is 1.80. The van der Waals surface area contributed by atoms with E-state index in [0.29, 0.717) is 38.0 Å². The standard InChI is InChI=1S/C22H27NO5/c1-27-15-7-5-13-11-22(26)16-8-6-14(24)19-21(16,17(13)18(15)28-19)9-10-23(22)20(25)12-3-2-4-12/h5,7,12,14,16,19,24,26H,2-4,6,8-11H2,1H3/t14-,16?,19?,21?,22?/m0/s1. The number of amides is 1. The molecule has 1 saturated heterocycles. The van der Waals surface area contributed by atoms with E-state index in [1.165, 1.54) is 0 Å². The molecular weight excluding hydrogens is 358 g/mol. The Hall–Kier alpha value is -1.79. The number of carbonyl (C=O) groups is 1. The molecule has 5 atom stereocenters. The van der Waals surface area contributed by atoms with E-state index in [1.807, 2.05) is 12.1 Å². The van der Waals surface area contributed by atoms with Crippen LogP contribution in [0.4, 0.5) is 0 Å². The highest BCUT2D eigenvalue weighted by Crippen LogP contribution is 2.66. The first kappa shape index (κ1) is 17.1. The summed E-state index contributed by atoms with van der Waals surface area (Å²) in [6.07, 6.45) is 4.43. The Labute approximate surface area is 164 Å². The summed E-state index contributed by atoms with van der Waals surface area (Å²) in [4.78, 5) is 15.0. The predicted molar refractivity (Wildman–Crippen MR) is 100 cm³/mol. The van der Waals surface area contributed by atoms with Crippen molar-refractivity contribution in [1.82, 2.24) is 4.90 Å². The minimum absolute atomic E-state index is 0.0655. The molecule has 2 N–H and O–H groups in total. The van der Waals surface area contributed by atoms with Crippen molar-refractivity contribution in [1.29, 1.82) is 0 Å². The van der Waals surface area contributed by atoms with Crippen LogP contribution in [0, 0.1) is 11.8 Å². The lowest BCUT2D eigenvalue weighted by atomic mass is 9.50. The van der Waals surface area contributed by atoms with Crippen molar-refractivity contribution >= 4 is 5.91 Å². The second-order valence-electron chi connectivity index (χ2n) is 9.33. The molecule has 1 aromatic rings. The van der Waals surface area contributed by atoms with E-state index in [2.05, 4.69) is 0 Å². The predicted octanol–water partition coefficient (Wildman–Crippen LogP) is 1.74. The quantitative estimate of drug-likeness (QED) is 0.811. The molecular formula is C22H27NO5. The van der Waals surface area contributed by atoms with Gasteiger partial charge >= 0.3 is 0 Å². The Bertz CT molecular complexity index is 867. The number of benzene rings is 1. The summed E-state index contributed by atoms with van der Waals surface area (Å²) in [5.41, 5.74) is 0.495. The van der Waals surface area contributed by atoms with Crippen molar-refractivity contribution < 1.29 is 24.5 Å². The van der Waals surface area contributed by atoms with Gasteiger partial charge in [0.2, 0.25) is 5.91 Å². The van der Waals surface area contributed by atoms with E-state index in [-0.39, 0.29) is 23.8 Å². The molecule has 0 aromatic heterocycles. The number of piperidine rings is 1. The van der Waals surface area contributed by atoms with E-state index in [1.54, 1.807) is 12.0 Å². The highest BCUT2D eigenvalue weighted by Gasteiger charge is 2.71. The highest BCUT2D eigenvalue weighted by atomic mass is 16.5. The molecule has 2 heterocycles. The molecule has 2 saturated carbocycles. The van der Waals surface area contributed by atoms with Gasteiger partial charge in [0.1, 0.15) is 11.8 Å². The van der Waals surface area contributed by atoms with E-state index >= 15 is 0 Å². The van der Waals surface area contributed by atoms with Crippen LogP contribution in [-0.2, 0) is 16.6 Å². The van der Waals surface area contributed by atoms with Gasteiger partial charge in [-0.15, -0.1) is 0 Å². The maximum Gasteiger partial charge on any atom is 0.227 e. The number of rotatable bonds is 2. The maximum absolute atomic E-state index is 13.2. The molecule has 0 radical (unpaired) electrons. The van der Waals surface area contributed by atoms with Gasteiger partial charge in [0.05, 0.1) is 13.2 Å². The zero-order chi connectivity index (χ0) is 19.3. The molecule has 6 heteroatoms. The summed E-state index contributed by atoms with van der Waals surface area (Å²) >= 11 is 0. The maximum atomic E-state index is 13.2. The smallest absolute Gasteiger partial charge is 0.227 e. The van der Waals surface area contributed by atoms with Gasteiger partial charge in [-0.3, -0.25) is 4.79 Å². The van der Waals surface area contributed by atoms with Crippen molar-refractivity contribution in [3.63, 3.8) is 0 Å². The molecule has 28 heavy (non-hydrogen) atoms. The van der Waals surface area contributed by atoms with Gasteiger partial charge in [-0.25, -0.2) is 0 Å². The van der Waals surface area contributed by atoms with E-state index in [0.717, 1.165) is 36.1 Å². The van der Waals surface area contributed by atoms with Gasteiger partial charge in [0.25, 0.3) is 0 Å². The van der Waals surface area contributed by atoms with Crippen molar-refractivity contribution in [3.8, 4) is 11.5 Å². The Kier molecular flexibility index (Phi) is 3.31. The second-order valence-corrected chi connectivity index (χ2v) is 9.33. The van der Waals surface area contributed by atoms with Gasteiger partial charge in [-0.1, -0.05) is 12.5 Å². The van der Waals surface area contributed by atoms with Gasteiger partial charge in [0.15, 0.2) is 11.5 Å². The van der Waals surface area contributed by atoms with Crippen molar-refractivity contribution in [2.45, 2.75) is 68.3 Å². The van der Waals surface area contributed by atoms with Crippen LogP contribution in [0.1, 0.15) is 49.7 Å². The number of ether oxygens (including phenoxy) is 2. The summed E-state index contributed by atoms with van der Waals surface area (Å²) in [5, 5.41) is 22.8. The van der Waals surface area contributed by atoms with Crippen LogP contribution in [0.5, 0.6) is 11.5 Å². The molecule has 5 aliphatic rings. The zero-order valence-corrected chi connectivity index (χ0v) is 16.2. The number of methoxy groups -OCH3 is 1. The van der Waals surface area contributed by atoms with Crippen LogP contribution < -0.4 is 9.47 Å². The lowest BCUT2D eigenvalue weighted by Crippen LogP contribution is -2.74. The summed E-state index contributed by atoms with van der Waals surface area (Å²) in [6, 6.07) is 3.89. The topological polar surface area (TPSA) is 79.2 Å². The SMILES string of the molecule is COc1ccc2c3c1OC1[C@@H](O)CCC4C31CCN(C(=O)C1CCC1)C4(O)C2. The minimum atomic E-state index is -1.20. The van der Waals surface area contributed by atoms with Crippen molar-refractivity contribution in [2.24, 2.45) is 11.8 Å². The van der Waals surface area contributed by atoms with E-state index < -0.39 is 17.2 Å². The second kappa shape index (κ2) is 5.42. The third-order valence-electron chi connectivity index (χ3n) is 8.31. The fraction of sp³-hybridized carbons (Fsp3) is 0.682. The molecule has 3 aliphatic carbocycles. The molecule has 6 rings (SSSR count). The third-order valence-corrected chi connectivity index (χ3v) is 8.31. The fourth-order valence-corrected chi connectivity index (χ4v) is 6.89. The molecule has 6 nitrogen and oxygen atoms in total. The lowest BCUT2D eigenvalue weighted by molar-refractivity contribution is -0.233. The normalized spacial score (nSPS) is 40.4. The average molecular weight is 385 g/mol. The summed E-state index contributed by atoms with van der Waals surface area (Å²) in [5.74, 6) is 1.48. The van der Waals surface area contributed by atoms with Crippen molar-refractivity contribution in [2.75, 3.05) is 13.7 Å². The summed E-state index contributed by atoms with van der Waals surface area (Å²) in [7, 11) is 1.63. The number of hydrogen-bond acceptors (Lipinski definition) is 5. The molecule has 1 aromatic carbocycles. The molecule has 2 aliphatic heterocycles. The van der Waals surface area contributed by atoms with Crippen LogP contribution in [-0.4, -0.2) is 52.6 Å². The summed E-state index contributed by atoms with van der Waals surface area (Å²) in [6.45, 7) is 0.519. The number of aliphatic hydroxyl groups is 2. The minimum Gasteiger partial charge on any atom is -0.493 e. The van der Waals surface area contributed by atoms with Crippen LogP contribution >= 0.6 is 0 Å². The van der Waals surface area contributed by atoms with Crippen LogP contribution in [0.2, 0.25) is 0 Å². The largest absolute Gasteiger partial charge is 0.493 e. The van der Waals surface area contributed by atoms with Crippen LogP contribution in [0.15, 0.2) is 12.1 Å². The first-order chi connectivity index (χ1) is 13.5. The molecule has 4 unspecified atom stereocenters. The monoisotopic (exact) mass is 385 g/mol. The first-order valence-corrected chi connectivity index (χ1v) is 10.6. The van der Waals surface area contributed by atoms with Gasteiger partial charge in [-0.2, -0.15) is 0 Å². The average Bonchev–Trinajstić information content (AvgIpc) is 2.96. The zero-order valence-electron chi connectivity index (χ0n) is 16.2. The number of likely N-dealkylation sites (tertiary alicyclic amines) is 1.